The van der Waals surface area contributed by atoms with Gasteiger partial charge < -0.3 is 24.1 Å². The van der Waals surface area contributed by atoms with Crippen molar-refractivity contribution in [2.45, 2.75) is 19.0 Å². The monoisotopic (exact) mass is 476 g/mol. The molecule has 0 aliphatic rings. The van der Waals surface area contributed by atoms with Crippen LogP contribution in [-0.2, 0) is 16.6 Å². The van der Waals surface area contributed by atoms with Crippen molar-refractivity contribution >= 4 is 40.0 Å². The van der Waals surface area contributed by atoms with E-state index in [0.29, 0.717) is 33.0 Å². The van der Waals surface area contributed by atoms with Crippen LogP contribution in [0.1, 0.15) is 22.2 Å². The average molecular weight is 477 g/mol. The molecule has 2 heterocycles. The number of rotatable bonds is 9. The number of aromatic nitrogens is 3. The van der Waals surface area contributed by atoms with Gasteiger partial charge in [-0.25, -0.2) is 4.79 Å². The van der Waals surface area contributed by atoms with Crippen molar-refractivity contribution in [3.8, 4) is 22.9 Å². The first-order valence-corrected chi connectivity index (χ1v) is 11.5. The number of methoxy groups -OCH3 is 2. The number of hydrogen-bond donors (Lipinski definition) is 1. The summed E-state index contributed by atoms with van der Waals surface area (Å²) in [7, 11) is 4.97. The summed E-state index contributed by atoms with van der Waals surface area (Å²) < 4.78 is 17.5. The molecule has 11 heteroatoms. The molecule has 0 radical (unpaired) electrons. The van der Waals surface area contributed by atoms with E-state index in [-0.39, 0.29) is 18.3 Å². The molecule has 1 amide bonds. The van der Waals surface area contributed by atoms with Crippen LogP contribution in [-0.4, -0.2) is 53.2 Å². The Balaban J connectivity index is 1.68. The van der Waals surface area contributed by atoms with Crippen LogP contribution >= 0.6 is 23.1 Å². The fourth-order valence-electron chi connectivity index (χ4n) is 2.93. The summed E-state index contributed by atoms with van der Waals surface area (Å²) in [4.78, 5) is 25.5. The lowest BCUT2D eigenvalue weighted by atomic mass is 10.2. The van der Waals surface area contributed by atoms with Crippen LogP contribution < -0.4 is 14.8 Å². The van der Waals surface area contributed by atoms with Gasteiger partial charge in [0.25, 0.3) is 0 Å². The maximum atomic E-state index is 12.5. The second kappa shape index (κ2) is 10.5. The first-order chi connectivity index (χ1) is 15.4. The van der Waals surface area contributed by atoms with Gasteiger partial charge in [0.05, 0.1) is 32.1 Å². The highest BCUT2D eigenvalue weighted by atomic mass is 32.2. The Bertz CT molecular complexity index is 1130. The Morgan fingerprint density at radius 2 is 1.91 bits per heavy atom. The van der Waals surface area contributed by atoms with E-state index in [9.17, 15) is 9.59 Å². The van der Waals surface area contributed by atoms with Gasteiger partial charge in [-0.1, -0.05) is 11.8 Å². The Morgan fingerprint density at radius 1 is 1.16 bits per heavy atom. The molecule has 9 nitrogen and oxygen atoms in total. The number of aryl methyl sites for hydroxylation is 1. The van der Waals surface area contributed by atoms with Crippen molar-refractivity contribution < 1.29 is 23.8 Å². The first kappa shape index (κ1) is 23.6. The van der Waals surface area contributed by atoms with E-state index in [1.165, 1.54) is 23.1 Å². The minimum Gasteiger partial charge on any atom is -0.493 e. The van der Waals surface area contributed by atoms with Gasteiger partial charge in [-0.2, -0.15) is 0 Å². The highest BCUT2D eigenvalue weighted by Crippen LogP contribution is 2.33. The van der Waals surface area contributed by atoms with Crippen LogP contribution in [0.15, 0.2) is 29.4 Å². The third-order valence-corrected chi connectivity index (χ3v) is 6.40. The third-order valence-electron chi connectivity index (χ3n) is 4.41. The van der Waals surface area contributed by atoms with Gasteiger partial charge in [0, 0.05) is 17.5 Å². The van der Waals surface area contributed by atoms with E-state index in [0.717, 1.165) is 10.4 Å². The van der Waals surface area contributed by atoms with Crippen molar-refractivity contribution in [3.05, 3.63) is 34.7 Å². The number of hydrogen-bond acceptors (Lipinski definition) is 9. The summed E-state index contributed by atoms with van der Waals surface area (Å²) in [6.45, 7) is 3.88. The molecule has 0 spiro atoms. The van der Waals surface area contributed by atoms with Gasteiger partial charge in [0.15, 0.2) is 22.5 Å². The second-order valence-electron chi connectivity index (χ2n) is 6.59. The van der Waals surface area contributed by atoms with Crippen LogP contribution in [0.2, 0.25) is 0 Å². The molecule has 0 saturated carbocycles. The minimum absolute atomic E-state index is 0.108. The summed E-state index contributed by atoms with van der Waals surface area (Å²) in [5.41, 5.74) is 1.17. The molecule has 1 aromatic carbocycles. The maximum absolute atomic E-state index is 12.5. The van der Waals surface area contributed by atoms with Crippen molar-refractivity contribution in [2.24, 2.45) is 7.05 Å². The van der Waals surface area contributed by atoms with Gasteiger partial charge in [0.1, 0.15) is 5.00 Å². The SMILES string of the molecule is CCOC(=O)c1cc(C)sc1NC(=O)CSc1nnc(-c2ccc(OC)c(OC)c2)n1C. The van der Waals surface area contributed by atoms with Crippen LogP contribution in [0, 0.1) is 6.92 Å². The number of esters is 1. The summed E-state index contributed by atoms with van der Waals surface area (Å²) in [5, 5.41) is 12.3. The van der Waals surface area contributed by atoms with E-state index in [2.05, 4.69) is 15.5 Å². The van der Waals surface area contributed by atoms with E-state index in [1.807, 2.05) is 26.1 Å². The number of nitrogens with one attached hydrogen (secondary N) is 1. The molecule has 2 aromatic heterocycles. The molecule has 1 N–H and O–H groups in total. The van der Waals surface area contributed by atoms with E-state index < -0.39 is 5.97 Å². The molecule has 0 bridgehead atoms. The van der Waals surface area contributed by atoms with Gasteiger partial charge in [-0.15, -0.1) is 21.5 Å². The smallest absolute Gasteiger partial charge is 0.341 e. The summed E-state index contributed by atoms with van der Waals surface area (Å²) in [6.07, 6.45) is 0. The predicted octanol–water partition coefficient (Wildman–Crippen LogP) is 3.78. The maximum Gasteiger partial charge on any atom is 0.341 e. The largest absolute Gasteiger partial charge is 0.493 e. The Morgan fingerprint density at radius 3 is 2.59 bits per heavy atom. The highest BCUT2D eigenvalue weighted by molar-refractivity contribution is 7.99. The molecule has 0 aliphatic carbocycles. The number of anilines is 1. The molecule has 0 unspecified atom stereocenters. The van der Waals surface area contributed by atoms with Crippen molar-refractivity contribution in [3.63, 3.8) is 0 Å². The van der Waals surface area contributed by atoms with Crippen molar-refractivity contribution in [1.82, 2.24) is 14.8 Å². The first-order valence-electron chi connectivity index (χ1n) is 9.69. The standard InChI is InChI=1S/C21H24N4O5S2/c1-6-30-20(27)14-9-12(2)32-19(14)22-17(26)11-31-21-24-23-18(25(21)3)13-7-8-15(28-4)16(10-13)29-5/h7-10H,6,11H2,1-5H3,(H,22,26). The number of carbonyl (C=O) groups is 2. The van der Waals surface area contributed by atoms with Crippen LogP contribution in [0.4, 0.5) is 5.00 Å². The number of thiophene rings is 1. The van der Waals surface area contributed by atoms with Gasteiger partial charge >= 0.3 is 5.97 Å². The summed E-state index contributed by atoms with van der Waals surface area (Å²) in [5.74, 6) is 1.25. The Kier molecular flexibility index (Phi) is 7.75. The Labute approximate surface area is 194 Å². The fourth-order valence-corrected chi connectivity index (χ4v) is 4.55. The molecule has 0 atom stereocenters. The lowest BCUT2D eigenvalue weighted by molar-refractivity contribution is -0.113. The summed E-state index contributed by atoms with van der Waals surface area (Å²) >= 11 is 2.58. The molecule has 0 fully saturated rings. The number of nitrogens with zero attached hydrogens (tertiary/aromatic N) is 3. The quantitative estimate of drug-likeness (QED) is 0.368. The average Bonchev–Trinajstić information content (AvgIpc) is 3.33. The Hall–Kier alpha value is -3.05. The van der Waals surface area contributed by atoms with Gasteiger partial charge in [-0.3, -0.25) is 4.79 Å². The number of thioether (sulfide) groups is 1. The minimum atomic E-state index is -0.451. The number of amides is 1. The summed E-state index contributed by atoms with van der Waals surface area (Å²) in [6, 6.07) is 7.19. The molecule has 170 valence electrons. The number of carbonyl (C=O) groups excluding carboxylic acids is 2. The van der Waals surface area contributed by atoms with Gasteiger partial charge in [-0.05, 0) is 38.1 Å². The topological polar surface area (TPSA) is 105 Å². The predicted molar refractivity (Wildman–Crippen MR) is 124 cm³/mol. The molecule has 0 saturated heterocycles. The molecule has 32 heavy (non-hydrogen) atoms. The molecule has 3 aromatic rings. The van der Waals surface area contributed by atoms with E-state index >= 15 is 0 Å². The molecule has 0 aliphatic heterocycles. The zero-order valence-electron chi connectivity index (χ0n) is 18.4. The number of ether oxygens (including phenoxy) is 3. The molecular formula is C21H24N4O5S2. The molecule has 3 rings (SSSR count). The van der Waals surface area contributed by atoms with Crippen LogP contribution in [0.25, 0.3) is 11.4 Å². The van der Waals surface area contributed by atoms with Crippen LogP contribution in [0.3, 0.4) is 0 Å². The lowest BCUT2D eigenvalue weighted by Crippen LogP contribution is -2.16. The third kappa shape index (κ3) is 5.22. The lowest BCUT2D eigenvalue weighted by Gasteiger charge is -2.09. The van der Waals surface area contributed by atoms with Crippen LogP contribution in [0.5, 0.6) is 11.5 Å². The molecular weight excluding hydrogens is 452 g/mol. The van der Waals surface area contributed by atoms with Crippen molar-refractivity contribution in [1.29, 1.82) is 0 Å². The second-order valence-corrected chi connectivity index (χ2v) is 8.79. The van der Waals surface area contributed by atoms with Gasteiger partial charge in [0.2, 0.25) is 5.91 Å². The zero-order valence-corrected chi connectivity index (χ0v) is 20.1. The van der Waals surface area contributed by atoms with E-state index in [1.54, 1.807) is 37.8 Å². The highest BCUT2D eigenvalue weighted by Gasteiger charge is 2.19. The fraction of sp³-hybridized carbons (Fsp3) is 0.333. The van der Waals surface area contributed by atoms with Crippen molar-refractivity contribution in [2.75, 3.05) is 31.9 Å². The zero-order chi connectivity index (χ0) is 23.3. The number of benzene rings is 1. The van der Waals surface area contributed by atoms with E-state index in [4.69, 9.17) is 14.2 Å². The normalized spacial score (nSPS) is 10.7.